The first-order chi connectivity index (χ1) is 10.9. The van der Waals surface area contributed by atoms with Crippen LogP contribution in [0.5, 0.6) is 0 Å². The Bertz CT molecular complexity index is 905. The molecule has 0 aliphatic carbocycles. The summed E-state index contributed by atoms with van der Waals surface area (Å²) in [5.41, 5.74) is 2.85. The number of sulfone groups is 1. The highest BCUT2D eigenvalue weighted by Gasteiger charge is 2.31. The summed E-state index contributed by atoms with van der Waals surface area (Å²) in [6.45, 7) is 3.79. The molecule has 1 saturated heterocycles. The number of aromatic amines is 1. The minimum absolute atomic E-state index is 0.0153. The van der Waals surface area contributed by atoms with E-state index in [1.165, 1.54) is 4.68 Å². The van der Waals surface area contributed by atoms with Crippen molar-refractivity contribution in [3.63, 3.8) is 0 Å². The summed E-state index contributed by atoms with van der Waals surface area (Å²) in [5.74, 6) is 0.149. The number of H-pyrrole nitrogens is 1. The second kappa shape index (κ2) is 5.81. The summed E-state index contributed by atoms with van der Waals surface area (Å²) < 4.78 is 24.6. The summed E-state index contributed by atoms with van der Waals surface area (Å²) in [6, 6.07) is 7.37. The number of benzene rings is 1. The molecule has 0 saturated carbocycles. The minimum Gasteiger partial charge on any atom is -0.299 e. The second-order valence-electron chi connectivity index (χ2n) is 5.98. The standard InChI is InChI=1S/C16H19N3O3S/c1-11-3-5-13(6-4-11)17-9-15-12(2)18-19(16(15)20)14-7-8-23(21,22)10-14/h3-6,9,14,18H,7-8,10H2,1-2H3/t14-/m0/s1. The maximum absolute atomic E-state index is 12.5. The minimum atomic E-state index is -3.04. The van der Waals surface area contributed by atoms with Crippen molar-refractivity contribution in [1.82, 2.24) is 9.78 Å². The Morgan fingerprint density at radius 3 is 2.57 bits per heavy atom. The fourth-order valence-corrected chi connectivity index (χ4v) is 4.44. The monoisotopic (exact) mass is 333 g/mol. The lowest BCUT2D eigenvalue weighted by molar-refractivity contribution is 0.483. The lowest BCUT2D eigenvalue weighted by Gasteiger charge is -2.07. The third-order valence-corrected chi connectivity index (χ3v) is 5.84. The number of rotatable bonds is 3. The van der Waals surface area contributed by atoms with Crippen LogP contribution in [-0.4, -0.2) is 35.9 Å². The quantitative estimate of drug-likeness (QED) is 0.871. The number of hydrogen-bond donors (Lipinski definition) is 1. The molecule has 0 amide bonds. The van der Waals surface area contributed by atoms with E-state index in [4.69, 9.17) is 0 Å². The summed E-state index contributed by atoms with van der Waals surface area (Å²) in [6.07, 6.45) is 2.01. The Kier molecular flexibility index (Phi) is 3.97. The maximum atomic E-state index is 12.5. The van der Waals surface area contributed by atoms with Crippen LogP contribution in [0.3, 0.4) is 0 Å². The van der Waals surface area contributed by atoms with Crippen LogP contribution in [0.25, 0.3) is 0 Å². The highest BCUT2D eigenvalue weighted by atomic mass is 32.2. The van der Waals surface area contributed by atoms with E-state index in [0.717, 1.165) is 11.3 Å². The molecule has 0 unspecified atom stereocenters. The van der Waals surface area contributed by atoms with Gasteiger partial charge in [0.15, 0.2) is 9.84 Å². The third kappa shape index (κ3) is 3.29. The van der Waals surface area contributed by atoms with Gasteiger partial charge in [-0.25, -0.2) is 13.1 Å². The van der Waals surface area contributed by atoms with Gasteiger partial charge in [-0.05, 0) is 32.4 Å². The molecule has 1 aromatic carbocycles. The molecule has 6 nitrogen and oxygen atoms in total. The van der Waals surface area contributed by atoms with E-state index >= 15 is 0 Å². The molecule has 1 fully saturated rings. The molecule has 1 aliphatic heterocycles. The first kappa shape index (κ1) is 15.7. The molecule has 3 rings (SSSR count). The topological polar surface area (TPSA) is 84.3 Å². The molecule has 0 spiro atoms. The zero-order valence-electron chi connectivity index (χ0n) is 13.1. The van der Waals surface area contributed by atoms with Crippen molar-refractivity contribution in [2.45, 2.75) is 26.3 Å². The summed E-state index contributed by atoms with van der Waals surface area (Å²) in [5, 5.41) is 2.99. The number of hydrogen-bond acceptors (Lipinski definition) is 4. The predicted octanol–water partition coefficient (Wildman–Crippen LogP) is 1.90. The maximum Gasteiger partial charge on any atom is 0.275 e. The molecule has 1 aromatic heterocycles. The van der Waals surface area contributed by atoms with E-state index < -0.39 is 9.84 Å². The molecule has 0 radical (unpaired) electrons. The lowest BCUT2D eigenvalue weighted by Crippen LogP contribution is -2.25. The van der Waals surface area contributed by atoms with Crippen LogP contribution in [-0.2, 0) is 9.84 Å². The van der Waals surface area contributed by atoms with Crippen LogP contribution in [0.4, 0.5) is 5.69 Å². The van der Waals surface area contributed by atoms with Crippen molar-refractivity contribution < 1.29 is 8.42 Å². The number of aliphatic imine (C=N–C) groups is 1. The predicted molar refractivity (Wildman–Crippen MR) is 90.5 cm³/mol. The highest BCUT2D eigenvalue weighted by Crippen LogP contribution is 2.22. The summed E-state index contributed by atoms with van der Waals surface area (Å²) >= 11 is 0. The number of aryl methyl sites for hydroxylation is 2. The summed E-state index contributed by atoms with van der Waals surface area (Å²) in [7, 11) is -3.04. The van der Waals surface area contributed by atoms with Crippen LogP contribution in [0.2, 0.25) is 0 Å². The molecule has 7 heteroatoms. The molecule has 1 atom stereocenters. The third-order valence-electron chi connectivity index (χ3n) is 4.09. The fraction of sp³-hybridized carbons (Fsp3) is 0.375. The zero-order chi connectivity index (χ0) is 16.6. The van der Waals surface area contributed by atoms with Gasteiger partial charge in [-0.1, -0.05) is 17.7 Å². The van der Waals surface area contributed by atoms with E-state index in [2.05, 4.69) is 10.1 Å². The average molecular weight is 333 g/mol. The van der Waals surface area contributed by atoms with Gasteiger partial charge < -0.3 is 0 Å². The molecule has 122 valence electrons. The zero-order valence-corrected chi connectivity index (χ0v) is 13.9. The van der Waals surface area contributed by atoms with Crippen molar-refractivity contribution in [1.29, 1.82) is 0 Å². The molecule has 1 N–H and O–H groups in total. The SMILES string of the molecule is Cc1ccc(N=Cc2c(C)[nH]n([C@H]3CCS(=O)(=O)C3)c2=O)cc1. The largest absolute Gasteiger partial charge is 0.299 e. The molecule has 1 aliphatic rings. The van der Waals surface area contributed by atoms with Gasteiger partial charge in [0, 0.05) is 11.9 Å². The van der Waals surface area contributed by atoms with Gasteiger partial charge in [0.25, 0.3) is 5.56 Å². The molecule has 23 heavy (non-hydrogen) atoms. The Morgan fingerprint density at radius 1 is 1.26 bits per heavy atom. The lowest BCUT2D eigenvalue weighted by atomic mass is 10.2. The van der Waals surface area contributed by atoms with E-state index in [0.29, 0.717) is 17.7 Å². The van der Waals surface area contributed by atoms with Gasteiger partial charge in [-0.3, -0.25) is 14.9 Å². The Morgan fingerprint density at radius 2 is 1.96 bits per heavy atom. The normalized spacial score (nSPS) is 20.3. The van der Waals surface area contributed by atoms with Crippen molar-refractivity contribution in [2.75, 3.05) is 11.5 Å². The molecular formula is C16H19N3O3S. The van der Waals surface area contributed by atoms with Gasteiger partial charge in [-0.15, -0.1) is 0 Å². The Hall–Kier alpha value is -2.15. The number of nitrogens with one attached hydrogen (secondary N) is 1. The van der Waals surface area contributed by atoms with Crippen molar-refractivity contribution in [3.05, 3.63) is 51.4 Å². The van der Waals surface area contributed by atoms with Crippen molar-refractivity contribution in [3.8, 4) is 0 Å². The van der Waals surface area contributed by atoms with E-state index in [1.807, 2.05) is 31.2 Å². The number of nitrogens with zero attached hydrogens (tertiary/aromatic N) is 2. The molecular weight excluding hydrogens is 314 g/mol. The van der Waals surface area contributed by atoms with Crippen LogP contribution in [0, 0.1) is 13.8 Å². The van der Waals surface area contributed by atoms with Gasteiger partial charge in [0.1, 0.15) is 0 Å². The van der Waals surface area contributed by atoms with Crippen molar-refractivity contribution in [2.24, 2.45) is 4.99 Å². The molecule has 2 aromatic rings. The first-order valence-corrected chi connectivity index (χ1v) is 9.30. The van der Waals surface area contributed by atoms with E-state index in [-0.39, 0.29) is 23.1 Å². The summed E-state index contributed by atoms with van der Waals surface area (Å²) in [4.78, 5) is 16.8. The average Bonchev–Trinajstić information content (AvgIpc) is 2.99. The van der Waals surface area contributed by atoms with Gasteiger partial charge in [-0.2, -0.15) is 0 Å². The van der Waals surface area contributed by atoms with Crippen LogP contribution in [0.1, 0.15) is 29.3 Å². The number of aromatic nitrogens is 2. The fourth-order valence-electron chi connectivity index (χ4n) is 2.74. The Labute approximate surface area is 134 Å². The van der Waals surface area contributed by atoms with Crippen molar-refractivity contribution >= 4 is 21.7 Å². The van der Waals surface area contributed by atoms with Gasteiger partial charge in [0.2, 0.25) is 0 Å². The smallest absolute Gasteiger partial charge is 0.275 e. The van der Waals surface area contributed by atoms with Crippen LogP contribution < -0.4 is 5.56 Å². The second-order valence-corrected chi connectivity index (χ2v) is 8.20. The van der Waals surface area contributed by atoms with Gasteiger partial charge in [0.05, 0.1) is 28.8 Å². The van der Waals surface area contributed by atoms with E-state index in [9.17, 15) is 13.2 Å². The van der Waals surface area contributed by atoms with Gasteiger partial charge >= 0.3 is 0 Å². The van der Waals surface area contributed by atoms with E-state index in [1.54, 1.807) is 13.1 Å². The molecule has 2 heterocycles. The first-order valence-electron chi connectivity index (χ1n) is 7.48. The van der Waals surface area contributed by atoms with Crippen LogP contribution >= 0.6 is 0 Å². The highest BCUT2D eigenvalue weighted by molar-refractivity contribution is 7.91. The van der Waals surface area contributed by atoms with Crippen LogP contribution in [0.15, 0.2) is 34.1 Å². The molecule has 0 bridgehead atoms. The Balaban J connectivity index is 1.89.